The Bertz CT molecular complexity index is 2790. The quantitative estimate of drug-likeness (QED) is 0.0800. The zero-order valence-electron chi connectivity index (χ0n) is 36.0. The van der Waals surface area contributed by atoms with Crippen molar-refractivity contribution in [2.24, 2.45) is 11.8 Å². The molecule has 5 aliphatic rings. The van der Waals surface area contributed by atoms with E-state index in [2.05, 4.69) is 15.6 Å². The Kier molecular flexibility index (Phi) is 11.2. The summed E-state index contributed by atoms with van der Waals surface area (Å²) in [6, 6.07) is 16.4. The second-order valence-corrected chi connectivity index (χ2v) is 18.2. The molecule has 2 bridgehead atoms. The van der Waals surface area contributed by atoms with Crippen molar-refractivity contribution in [3.63, 3.8) is 0 Å². The van der Waals surface area contributed by atoms with Gasteiger partial charge >= 0.3 is 5.97 Å². The fraction of sp³-hybridized carbons (Fsp3) is 0.417. The standard InChI is InChI=1S/C48H52N4O15/c49-37-14-13-29(52-37)39(56)36(21-53)63-25-11-9-23(10-12-25)33-18-32(55)38-34(64-33)19-35(41(40(38)57)67-47-16-3-5-24(47)4-1-6-26-27(47)7-2-8-31(26)54)65-45-46(61)17-15-28(30-20-50-22-51-30)48(62,44(46)60)42(66-45)43(58)59/h2,7-15,17-19,24,28,30,36,39,42,44-45,50-54,56-57,60-62H,1,3-6,16,20-22,49H2,(H,58,59)/t24-,28-,30-,36+,39-,42-,44+,45-,46-,47-,48-/m1/s1. The number of aromatic hydroxyl groups is 2. The van der Waals surface area contributed by atoms with Gasteiger partial charge in [0.2, 0.25) is 12.0 Å². The maximum atomic E-state index is 14.2. The van der Waals surface area contributed by atoms with Crippen LogP contribution in [0.25, 0.3) is 22.3 Å². The van der Waals surface area contributed by atoms with Crippen LogP contribution in [0.2, 0.25) is 0 Å². The van der Waals surface area contributed by atoms with Crippen LogP contribution in [0.1, 0.15) is 55.0 Å². The van der Waals surface area contributed by atoms with Gasteiger partial charge in [0.05, 0.1) is 6.61 Å². The van der Waals surface area contributed by atoms with Crippen LogP contribution in [-0.4, -0.2) is 113 Å². The lowest BCUT2D eigenvalue weighted by atomic mass is 9.63. The lowest BCUT2D eigenvalue weighted by Gasteiger charge is -2.56. The van der Waals surface area contributed by atoms with Gasteiger partial charge in [0, 0.05) is 65.6 Å². The van der Waals surface area contributed by atoms with Gasteiger partial charge in [-0.2, -0.15) is 0 Å². The number of phenolic OH excluding ortho intramolecular Hbond substituents is 2. The van der Waals surface area contributed by atoms with Crippen LogP contribution in [0.15, 0.2) is 88.1 Å². The number of phenols is 2. The number of benzene rings is 3. The molecule has 4 heterocycles. The van der Waals surface area contributed by atoms with Crippen LogP contribution >= 0.6 is 0 Å². The predicted octanol–water partition coefficient (Wildman–Crippen LogP) is 2.38. The number of hydrogen-bond acceptors (Lipinski definition) is 17. The van der Waals surface area contributed by atoms with Crippen LogP contribution in [0.5, 0.6) is 28.7 Å². The Balaban J connectivity index is 1.07. The second-order valence-electron chi connectivity index (χ2n) is 18.2. The largest absolute Gasteiger partial charge is 0.508 e. The highest BCUT2D eigenvalue weighted by molar-refractivity contribution is 5.90. The minimum Gasteiger partial charge on any atom is -0.508 e. The molecule has 3 fully saturated rings. The first-order valence-electron chi connectivity index (χ1n) is 22.3. The molecule has 19 nitrogen and oxygen atoms in total. The Labute approximate surface area is 382 Å². The first kappa shape index (κ1) is 44.7. The van der Waals surface area contributed by atoms with E-state index < -0.39 is 83.2 Å². The number of nitrogens with two attached hydrogens (primary N) is 1. The molecule has 2 aliphatic heterocycles. The monoisotopic (exact) mass is 924 g/mol. The summed E-state index contributed by atoms with van der Waals surface area (Å²) in [5.74, 6) is -3.54. The molecule has 2 aromatic heterocycles. The van der Waals surface area contributed by atoms with Gasteiger partial charge in [-0.1, -0.05) is 18.2 Å². The Morgan fingerprint density at radius 1 is 1.03 bits per heavy atom. The molecule has 67 heavy (non-hydrogen) atoms. The van der Waals surface area contributed by atoms with Gasteiger partial charge < -0.3 is 80.3 Å². The second kappa shape index (κ2) is 16.9. The number of carboxylic acid groups (broad SMARTS) is 1. The first-order valence-corrected chi connectivity index (χ1v) is 22.3. The molecular weight excluding hydrogens is 873 g/mol. The minimum absolute atomic E-state index is 0.0292. The average Bonchev–Trinajstić information content (AvgIpc) is 4.08. The fourth-order valence-electron chi connectivity index (χ4n) is 11.0. The number of aliphatic hydroxyl groups is 5. The molecule has 2 saturated heterocycles. The van der Waals surface area contributed by atoms with Gasteiger partial charge in [0.15, 0.2) is 34.7 Å². The van der Waals surface area contributed by atoms with Crippen molar-refractivity contribution in [3.05, 3.63) is 106 Å². The first-order chi connectivity index (χ1) is 32.2. The summed E-state index contributed by atoms with van der Waals surface area (Å²) in [5, 5.41) is 96.9. The highest BCUT2D eigenvalue weighted by atomic mass is 16.7. The van der Waals surface area contributed by atoms with Crippen LogP contribution in [0.3, 0.4) is 0 Å². The highest BCUT2D eigenvalue weighted by Gasteiger charge is 2.70. The number of rotatable bonds is 12. The molecule has 0 unspecified atom stereocenters. The Hall–Kier alpha value is -6.16. The zero-order chi connectivity index (χ0) is 47.0. The van der Waals surface area contributed by atoms with Gasteiger partial charge in [0.1, 0.15) is 57.5 Å². The number of H-pyrrole nitrogens is 1. The fourth-order valence-corrected chi connectivity index (χ4v) is 11.0. The van der Waals surface area contributed by atoms with Gasteiger partial charge in [-0.25, -0.2) is 4.79 Å². The van der Waals surface area contributed by atoms with E-state index in [1.165, 1.54) is 36.4 Å². The number of nitrogens with one attached hydrogen (secondary N) is 3. The molecule has 11 atom stereocenters. The molecule has 13 N–H and O–H groups in total. The summed E-state index contributed by atoms with van der Waals surface area (Å²) in [6.07, 6.45) is -2.18. The molecular formula is C48H52N4O15. The maximum Gasteiger partial charge on any atom is 0.336 e. The number of nitrogen functional groups attached to an aromatic ring is 1. The van der Waals surface area contributed by atoms with Gasteiger partial charge in [0.25, 0.3) is 0 Å². The van der Waals surface area contributed by atoms with Crippen LogP contribution in [0.4, 0.5) is 5.82 Å². The smallest absolute Gasteiger partial charge is 0.336 e. The van der Waals surface area contributed by atoms with Gasteiger partial charge in [-0.15, -0.1) is 0 Å². The minimum atomic E-state index is -2.58. The molecule has 0 spiro atoms. The van der Waals surface area contributed by atoms with E-state index in [4.69, 9.17) is 29.1 Å². The van der Waals surface area contributed by atoms with Gasteiger partial charge in [-0.05, 0) is 87.1 Å². The lowest BCUT2D eigenvalue weighted by Crippen LogP contribution is -2.79. The van der Waals surface area contributed by atoms with Crippen LogP contribution < -0.4 is 36.0 Å². The topological polar surface area (TPSA) is 312 Å². The molecule has 19 heteroatoms. The third-order valence-corrected chi connectivity index (χ3v) is 14.3. The van der Waals surface area contributed by atoms with Crippen molar-refractivity contribution in [1.82, 2.24) is 15.6 Å². The summed E-state index contributed by atoms with van der Waals surface area (Å²) in [5.41, 5.74) is 0.640. The molecule has 354 valence electrons. The number of hydrogen-bond donors (Lipinski definition) is 12. The summed E-state index contributed by atoms with van der Waals surface area (Å²) in [7, 11) is 0. The number of anilines is 1. The number of aromatic nitrogens is 1. The van der Waals surface area contributed by atoms with Crippen molar-refractivity contribution in [2.45, 2.75) is 92.1 Å². The van der Waals surface area contributed by atoms with E-state index in [1.54, 1.807) is 36.4 Å². The third-order valence-electron chi connectivity index (χ3n) is 14.3. The molecule has 3 aromatic carbocycles. The van der Waals surface area contributed by atoms with E-state index in [0.717, 1.165) is 19.3 Å². The van der Waals surface area contributed by atoms with Gasteiger partial charge in [-0.3, -0.25) is 10.1 Å². The predicted molar refractivity (Wildman–Crippen MR) is 237 cm³/mol. The van der Waals surface area contributed by atoms with Crippen LogP contribution in [-0.2, 0) is 21.6 Å². The lowest BCUT2D eigenvalue weighted by molar-refractivity contribution is -0.342. The van der Waals surface area contributed by atoms with E-state index in [-0.39, 0.29) is 45.6 Å². The molecule has 0 radical (unpaired) electrons. The number of ether oxygens (including phenoxy) is 4. The van der Waals surface area contributed by atoms with E-state index in [9.17, 15) is 50.4 Å². The third kappa shape index (κ3) is 7.28. The van der Waals surface area contributed by atoms with Crippen LogP contribution in [0, 0.1) is 11.8 Å². The Morgan fingerprint density at radius 3 is 2.54 bits per heavy atom. The van der Waals surface area contributed by atoms with Crippen molar-refractivity contribution < 1.29 is 69.0 Å². The number of carbonyl (C=O) groups is 1. The number of aromatic amines is 1. The molecule has 0 amide bonds. The molecule has 3 aliphatic carbocycles. The number of aliphatic carboxylic acids is 1. The van der Waals surface area contributed by atoms with Crippen molar-refractivity contribution in [1.29, 1.82) is 0 Å². The molecule has 10 rings (SSSR count). The summed E-state index contributed by atoms with van der Waals surface area (Å²) in [6.45, 7) is 0.139. The van der Waals surface area contributed by atoms with Crippen molar-refractivity contribution >= 4 is 22.8 Å². The summed E-state index contributed by atoms with van der Waals surface area (Å²) in [4.78, 5) is 30.0. The van der Waals surface area contributed by atoms with E-state index in [0.29, 0.717) is 60.7 Å². The zero-order valence-corrected chi connectivity index (χ0v) is 36.0. The van der Waals surface area contributed by atoms with Crippen molar-refractivity contribution in [3.8, 4) is 40.1 Å². The SMILES string of the molecule is Nc1ccc([C@@H](O)[C@H](CO)Oc2ccc(-c3cc(=O)c4c(O)c(O[C@]56CCC[C@H]5CCCc5c(O)cccc56)c(O[C@@H]5O[C@H](C(=O)O)[C@]6(O)[C@@H]([C@H]7CNCN7)C=C[C@@]5(O)[C@@H]6O)cc4o3)cc2)[nH]1. The molecule has 5 aromatic rings. The number of fused-ring (bicyclic) bond motifs is 6. The highest BCUT2D eigenvalue weighted by Crippen LogP contribution is 2.57. The van der Waals surface area contributed by atoms with Crippen molar-refractivity contribution in [2.75, 3.05) is 25.6 Å². The average molecular weight is 925 g/mol. The number of carboxylic acids is 1. The Morgan fingerprint density at radius 2 is 1.82 bits per heavy atom. The van der Waals surface area contributed by atoms with E-state index >= 15 is 0 Å². The molecule has 1 saturated carbocycles. The summed E-state index contributed by atoms with van der Waals surface area (Å²) >= 11 is 0. The normalized spacial score (nSPS) is 30.8. The number of aliphatic hydroxyl groups excluding tert-OH is 3. The summed E-state index contributed by atoms with van der Waals surface area (Å²) < 4.78 is 31.6. The van der Waals surface area contributed by atoms with E-state index in [1.807, 2.05) is 6.07 Å². The maximum absolute atomic E-state index is 14.2.